The minimum Gasteiger partial charge on any atom is -0.406 e. The van der Waals surface area contributed by atoms with Crippen LogP contribution in [0.3, 0.4) is 0 Å². The summed E-state index contributed by atoms with van der Waals surface area (Å²) in [6.07, 6.45) is -0.911. The van der Waals surface area contributed by atoms with E-state index in [0.717, 1.165) is 32.1 Å². The second kappa shape index (κ2) is 11.3. The van der Waals surface area contributed by atoms with Gasteiger partial charge in [-0.1, -0.05) is 32.1 Å². The highest BCUT2D eigenvalue weighted by atomic mass is 19.4. The van der Waals surface area contributed by atoms with Gasteiger partial charge in [-0.15, -0.1) is 13.2 Å². The van der Waals surface area contributed by atoms with Crippen molar-refractivity contribution in [2.45, 2.75) is 64.0 Å². The maximum absolute atomic E-state index is 13.4. The number of ether oxygens (including phenoxy) is 1. The Bertz CT molecular complexity index is 830. The van der Waals surface area contributed by atoms with Gasteiger partial charge in [0.25, 0.3) is 5.91 Å². The van der Waals surface area contributed by atoms with Crippen LogP contribution in [0.2, 0.25) is 0 Å². The maximum atomic E-state index is 13.4. The molecule has 3 N–H and O–H groups in total. The fourth-order valence-corrected chi connectivity index (χ4v) is 4.99. The number of carbonyl (C=O) groups excluding carboxylic acids is 2. The van der Waals surface area contributed by atoms with Crippen LogP contribution in [-0.2, 0) is 9.59 Å². The van der Waals surface area contributed by atoms with Gasteiger partial charge >= 0.3 is 6.36 Å². The largest absolute Gasteiger partial charge is 0.573 e. The van der Waals surface area contributed by atoms with Crippen LogP contribution < -0.4 is 15.1 Å². The predicted octanol–water partition coefficient (Wildman–Crippen LogP) is 3.08. The number of benzene rings is 1. The van der Waals surface area contributed by atoms with E-state index >= 15 is 0 Å². The van der Waals surface area contributed by atoms with Crippen molar-refractivity contribution < 1.29 is 37.8 Å². The predicted molar refractivity (Wildman–Crippen MR) is 117 cm³/mol. The molecule has 2 amide bonds. The van der Waals surface area contributed by atoms with Crippen molar-refractivity contribution >= 4 is 17.5 Å². The fraction of sp³-hybridized carbons (Fsp3) is 0.652. The molecular weight excluding hydrogens is 455 g/mol. The highest BCUT2D eigenvalue weighted by Crippen LogP contribution is 2.32. The number of aliphatic hydroxyl groups excluding tert-OH is 1. The van der Waals surface area contributed by atoms with Crippen LogP contribution in [0.25, 0.3) is 0 Å². The van der Waals surface area contributed by atoms with E-state index in [0.29, 0.717) is 31.7 Å². The molecule has 11 heteroatoms. The Kier molecular flexibility index (Phi) is 8.64. The highest BCUT2D eigenvalue weighted by molar-refractivity contribution is 5.89. The number of alkyl halides is 3. The number of piperazine rings is 1. The van der Waals surface area contributed by atoms with Gasteiger partial charge in [0.1, 0.15) is 11.9 Å². The number of nitrogens with one attached hydrogen (secondary N) is 1. The monoisotopic (exact) mass is 487 g/mol. The number of amides is 2. The molecule has 1 aliphatic heterocycles. The first-order chi connectivity index (χ1) is 16.1. The average molecular weight is 488 g/mol. The molecule has 1 saturated heterocycles. The Morgan fingerprint density at radius 1 is 1.15 bits per heavy atom. The van der Waals surface area contributed by atoms with Crippen molar-refractivity contribution in [2.24, 2.45) is 11.8 Å². The first kappa shape index (κ1) is 26.1. The van der Waals surface area contributed by atoms with Gasteiger partial charge in [-0.05, 0) is 43.5 Å². The quantitative estimate of drug-likeness (QED) is 0.404. The van der Waals surface area contributed by atoms with Crippen molar-refractivity contribution in [3.05, 3.63) is 24.3 Å². The third-order valence-electron chi connectivity index (χ3n) is 6.74. The zero-order valence-electron chi connectivity index (χ0n) is 19.1. The number of halogens is 3. The van der Waals surface area contributed by atoms with Crippen LogP contribution in [0.4, 0.5) is 18.9 Å². The maximum Gasteiger partial charge on any atom is 0.573 e. The normalized spacial score (nSPS) is 21.6. The summed E-state index contributed by atoms with van der Waals surface area (Å²) >= 11 is 0. The second-order valence-corrected chi connectivity index (χ2v) is 9.14. The Labute approximate surface area is 196 Å². The van der Waals surface area contributed by atoms with Gasteiger partial charge < -0.3 is 19.6 Å². The standard InChI is InChI=1S/C23H32F3N3O5/c1-15-14-28(17-7-9-18(10-8-17)34-23(24,25)26)11-12-29(15)22(32)19(20(30)21(31)27-33)13-16-5-3-2-4-6-16/h7-10,15-16,19-20,30,33H,2-6,11-14H2,1H3,(H,27,31)/t15-,19+,20+/m1/s1. The van der Waals surface area contributed by atoms with E-state index in [-0.39, 0.29) is 23.6 Å². The van der Waals surface area contributed by atoms with Crippen LogP contribution in [0, 0.1) is 11.8 Å². The molecule has 190 valence electrons. The van der Waals surface area contributed by atoms with Gasteiger partial charge in [-0.25, -0.2) is 5.48 Å². The summed E-state index contributed by atoms with van der Waals surface area (Å²) in [4.78, 5) is 29.0. The summed E-state index contributed by atoms with van der Waals surface area (Å²) < 4.78 is 41.1. The minimum atomic E-state index is -4.76. The third kappa shape index (κ3) is 6.75. The van der Waals surface area contributed by atoms with Crippen LogP contribution in [0.5, 0.6) is 5.75 Å². The average Bonchev–Trinajstić information content (AvgIpc) is 2.81. The van der Waals surface area contributed by atoms with Crippen molar-refractivity contribution in [1.82, 2.24) is 10.4 Å². The number of nitrogens with zero attached hydrogens (tertiary/aromatic N) is 2. The SMILES string of the molecule is C[C@@H]1CN(c2ccc(OC(F)(F)F)cc2)CCN1C(=O)[C@@H](CC1CCCCC1)[C@H](O)C(=O)NO. The lowest BCUT2D eigenvalue weighted by Crippen LogP contribution is -2.57. The van der Waals surface area contributed by atoms with Crippen molar-refractivity contribution in [2.75, 3.05) is 24.5 Å². The zero-order chi connectivity index (χ0) is 24.9. The summed E-state index contributed by atoms with van der Waals surface area (Å²) in [7, 11) is 0. The molecule has 2 fully saturated rings. The number of anilines is 1. The van der Waals surface area contributed by atoms with E-state index in [4.69, 9.17) is 5.21 Å². The fourth-order valence-electron chi connectivity index (χ4n) is 4.99. The number of hydrogen-bond acceptors (Lipinski definition) is 6. The lowest BCUT2D eigenvalue weighted by atomic mass is 9.80. The lowest BCUT2D eigenvalue weighted by Gasteiger charge is -2.43. The van der Waals surface area contributed by atoms with Crippen molar-refractivity contribution in [3.63, 3.8) is 0 Å². The Hall–Kier alpha value is -2.53. The highest BCUT2D eigenvalue weighted by Gasteiger charge is 2.39. The van der Waals surface area contributed by atoms with E-state index < -0.39 is 24.3 Å². The molecule has 1 aromatic carbocycles. The third-order valence-corrected chi connectivity index (χ3v) is 6.74. The molecule has 0 unspecified atom stereocenters. The van der Waals surface area contributed by atoms with E-state index in [2.05, 4.69) is 4.74 Å². The molecular formula is C23H32F3N3O5. The van der Waals surface area contributed by atoms with Gasteiger partial charge in [-0.2, -0.15) is 0 Å². The van der Waals surface area contributed by atoms with Crippen molar-refractivity contribution in [1.29, 1.82) is 0 Å². The lowest BCUT2D eigenvalue weighted by molar-refractivity contribution is -0.274. The molecule has 2 aliphatic rings. The first-order valence-corrected chi connectivity index (χ1v) is 11.6. The van der Waals surface area contributed by atoms with Crippen LogP contribution in [0.1, 0.15) is 45.4 Å². The molecule has 1 saturated carbocycles. The smallest absolute Gasteiger partial charge is 0.406 e. The van der Waals surface area contributed by atoms with E-state index in [1.807, 2.05) is 11.8 Å². The first-order valence-electron chi connectivity index (χ1n) is 11.6. The number of hydroxylamine groups is 1. The van der Waals surface area contributed by atoms with Gasteiger partial charge in [0.2, 0.25) is 5.91 Å². The molecule has 3 rings (SSSR count). The molecule has 1 aromatic rings. The molecule has 0 spiro atoms. The van der Waals surface area contributed by atoms with Gasteiger partial charge in [0, 0.05) is 31.4 Å². The summed E-state index contributed by atoms with van der Waals surface area (Å²) in [6.45, 7) is 3.05. The molecule has 0 radical (unpaired) electrons. The minimum absolute atomic E-state index is 0.234. The van der Waals surface area contributed by atoms with E-state index in [1.54, 1.807) is 4.90 Å². The van der Waals surface area contributed by atoms with Gasteiger partial charge in [0.15, 0.2) is 0 Å². The molecule has 3 atom stereocenters. The summed E-state index contributed by atoms with van der Waals surface area (Å²) in [5, 5.41) is 19.5. The van der Waals surface area contributed by atoms with E-state index in [9.17, 15) is 27.9 Å². The van der Waals surface area contributed by atoms with Gasteiger partial charge in [-0.3, -0.25) is 14.8 Å². The van der Waals surface area contributed by atoms with Crippen LogP contribution >= 0.6 is 0 Å². The zero-order valence-corrected chi connectivity index (χ0v) is 19.1. The topological polar surface area (TPSA) is 102 Å². The van der Waals surface area contributed by atoms with Crippen molar-refractivity contribution in [3.8, 4) is 5.75 Å². The second-order valence-electron chi connectivity index (χ2n) is 9.14. The molecule has 0 bridgehead atoms. The van der Waals surface area contributed by atoms with E-state index in [1.165, 1.54) is 29.7 Å². The van der Waals surface area contributed by atoms with Gasteiger partial charge in [0.05, 0.1) is 5.92 Å². The number of rotatable bonds is 7. The molecule has 8 nitrogen and oxygen atoms in total. The summed E-state index contributed by atoms with van der Waals surface area (Å²) in [5.74, 6) is -2.36. The number of hydrogen-bond donors (Lipinski definition) is 3. The Morgan fingerprint density at radius 2 is 1.79 bits per heavy atom. The number of aliphatic hydroxyl groups is 1. The molecule has 0 aromatic heterocycles. The van der Waals surface area contributed by atoms with Crippen LogP contribution in [0.15, 0.2) is 24.3 Å². The summed E-state index contributed by atoms with van der Waals surface area (Å²) in [6, 6.07) is 5.30. The molecule has 34 heavy (non-hydrogen) atoms. The molecule has 1 aliphatic carbocycles. The Morgan fingerprint density at radius 3 is 2.35 bits per heavy atom. The molecule has 1 heterocycles. The van der Waals surface area contributed by atoms with Crippen LogP contribution in [-0.4, -0.2) is 65.2 Å². The Balaban J connectivity index is 1.66. The summed E-state index contributed by atoms with van der Waals surface area (Å²) in [5.41, 5.74) is 2.15. The number of carbonyl (C=O) groups is 2.